The molecule has 0 unspecified atom stereocenters. The Morgan fingerprint density at radius 3 is 2.67 bits per heavy atom. The molecule has 1 saturated heterocycles. The predicted octanol–water partition coefficient (Wildman–Crippen LogP) is 0.757. The standard InChI is InChI=1S/C14H25N5O2/c1-18(6-8-20-3)13-12(15)14(17-10-16-13)19(2)9-11-5-4-7-21-11/h10-11H,4-9,15H2,1-3H3/t11-/m0/s1. The number of likely N-dealkylation sites (N-methyl/N-ethyl adjacent to an activating group) is 2. The zero-order chi connectivity index (χ0) is 15.2. The topological polar surface area (TPSA) is 76.7 Å². The van der Waals surface area contributed by atoms with Gasteiger partial charge in [0.2, 0.25) is 0 Å². The zero-order valence-electron chi connectivity index (χ0n) is 13.1. The highest BCUT2D eigenvalue weighted by molar-refractivity contribution is 5.75. The summed E-state index contributed by atoms with van der Waals surface area (Å²) in [5.74, 6) is 1.48. The van der Waals surface area contributed by atoms with E-state index in [0.29, 0.717) is 12.3 Å². The number of nitrogens with two attached hydrogens (primary N) is 1. The Morgan fingerprint density at radius 2 is 2.05 bits per heavy atom. The van der Waals surface area contributed by atoms with Crippen LogP contribution in [0.4, 0.5) is 17.3 Å². The fourth-order valence-corrected chi connectivity index (χ4v) is 2.50. The van der Waals surface area contributed by atoms with Crippen LogP contribution < -0.4 is 15.5 Å². The molecule has 0 bridgehead atoms. The molecule has 2 N–H and O–H groups in total. The van der Waals surface area contributed by atoms with Crippen molar-refractivity contribution in [3.8, 4) is 0 Å². The third kappa shape index (κ3) is 3.95. The first kappa shape index (κ1) is 15.8. The first-order valence-electron chi connectivity index (χ1n) is 7.26. The van der Waals surface area contributed by atoms with Gasteiger partial charge in [-0.15, -0.1) is 0 Å². The van der Waals surface area contributed by atoms with E-state index in [9.17, 15) is 0 Å². The Balaban J connectivity index is 2.08. The van der Waals surface area contributed by atoms with Gasteiger partial charge in [-0.05, 0) is 12.8 Å². The molecule has 0 spiro atoms. The lowest BCUT2D eigenvalue weighted by molar-refractivity contribution is 0.116. The van der Waals surface area contributed by atoms with E-state index in [1.807, 2.05) is 23.9 Å². The molecule has 0 saturated carbocycles. The lowest BCUT2D eigenvalue weighted by atomic mass is 10.2. The first-order chi connectivity index (χ1) is 10.1. The van der Waals surface area contributed by atoms with Gasteiger partial charge in [-0.3, -0.25) is 0 Å². The van der Waals surface area contributed by atoms with Crippen LogP contribution in [-0.2, 0) is 9.47 Å². The average Bonchev–Trinajstić information content (AvgIpc) is 2.97. The van der Waals surface area contributed by atoms with Gasteiger partial charge in [-0.2, -0.15) is 0 Å². The van der Waals surface area contributed by atoms with E-state index < -0.39 is 0 Å². The van der Waals surface area contributed by atoms with Gasteiger partial charge in [-0.1, -0.05) is 0 Å². The second-order valence-corrected chi connectivity index (χ2v) is 5.36. The van der Waals surface area contributed by atoms with E-state index in [1.54, 1.807) is 13.4 Å². The van der Waals surface area contributed by atoms with Gasteiger partial charge in [0, 0.05) is 40.9 Å². The molecule has 1 aromatic heterocycles. The van der Waals surface area contributed by atoms with Crippen molar-refractivity contribution in [1.29, 1.82) is 0 Å². The Hall–Kier alpha value is -1.60. The van der Waals surface area contributed by atoms with E-state index in [1.165, 1.54) is 0 Å². The van der Waals surface area contributed by atoms with Gasteiger partial charge in [0.1, 0.15) is 12.0 Å². The smallest absolute Gasteiger partial charge is 0.157 e. The van der Waals surface area contributed by atoms with Crippen molar-refractivity contribution in [2.75, 3.05) is 63.0 Å². The number of rotatable bonds is 7. The Labute approximate surface area is 126 Å². The highest BCUT2D eigenvalue weighted by Gasteiger charge is 2.21. The molecule has 21 heavy (non-hydrogen) atoms. The second kappa shape index (κ2) is 7.42. The number of hydrogen-bond donors (Lipinski definition) is 1. The van der Waals surface area contributed by atoms with Crippen molar-refractivity contribution in [1.82, 2.24) is 9.97 Å². The normalized spacial score (nSPS) is 18.0. The molecule has 2 rings (SSSR count). The third-order valence-electron chi connectivity index (χ3n) is 3.70. The highest BCUT2D eigenvalue weighted by Crippen LogP contribution is 2.28. The van der Waals surface area contributed by atoms with Crippen molar-refractivity contribution >= 4 is 17.3 Å². The van der Waals surface area contributed by atoms with Gasteiger partial charge < -0.3 is 25.0 Å². The summed E-state index contributed by atoms with van der Waals surface area (Å²) in [5.41, 5.74) is 6.84. The number of nitrogens with zero attached hydrogens (tertiary/aromatic N) is 4. The molecular formula is C14H25N5O2. The quantitative estimate of drug-likeness (QED) is 0.795. The fraction of sp³-hybridized carbons (Fsp3) is 0.714. The van der Waals surface area contributed by atoms with E-state index in [0.717, 1.165) is 44.2 Å². The monoisotopic (exact) mass is 295 g/mol. The summed E-state index contributed by atoms with van der Waals surface area (Å²) in [6.07, 6.45) is 4.04. The summed E-state index contributed by atoms with van der Waals surface area (Å²) in [4.78, 5) is 12.6. The molecule has 7 nitrogen and oxygen atoms in total. The molecule has 1 aliphatic heterocycles. The molecule has 118 valence electrons. The minimum Gasteiger partial charge on any atom is -0.393 e. The van der Waals surface area contributed by atoms with Crippen LogP contribution in [0.15, 0.2) is 6.33 Å². The van der Waals surface area contributed by atoms with Crippen LogP contribution >= 0.6 is 0 Å². The van der Waals surface area contributed by atoms with E-state index in [-0.39, 0.29) is 6.10 Å². The summed E-state index contributed by atoms with van der Waals surface area (Å²) < 4.78 is 10.8. The van der Waals surface area contributed by atoms with Crippen LogP contribution in [0.2, 0.25) is 0 Å². The fourth-order valence-electron chi connectivity index (χ4n) is 2.50. The lowest BCUT2D eigenvalue weighted by Crippen LogP contribution is -2.31. The molecule has 1 fully saturated rings. The second-order valence-electron chi connectivity index (χ2n) is 5.36. The Morgan fingerprint density at radius 1 is 1.33 bits per heavy atom. The third-order valence-corrected chi connectivity index (χ3v) is 3.70. The van der Waals surface area contributed by atoms with Gasteiger partial charge in [0.05, 0.1) is 12.7 Å². The number of nitrogen functional groups attached to an aromatic ring is 1. The molecule has 1 aliphatic rings. The maximum Gasteiger partial charge on any atom is 0.157 e. The number of anilines is 3. The predicted molar refractivity (Wildman–Crippen MR) is 83.8 cm³/mol. The lowest BCUT2D eigenvalue weighted by Gasteiger charge is -2.25. The molecule has 0 aliphatic carbocycles. The van der Waals surface area contributed by atoms with Crippen molar-refractivity contribution in [3.63, 3.8) is 0 Å². The molecular weight excluding hydrogens is 270 g/mol. The molecule has 0 aromatic carbocycles. The minimum absolute atomic E-state index is 0.263. The molecule has 2 heterocycles. The summed E-state index contributed by atoms with van der Waals surface area (Å²) in [5, 5.41) is 0. The summed E-state index contributed by atoms with van der Waals surface area (Å²) in [6, 6.07) is 0. The SMILES string of the molecule is COCCN(C)c1ncnc(N(C)C[C@@H]2CCCO2)c1N. The molecule has 7 heteroatoms. The van der Waals surface area contributed by atoms with Crippen LogP contribution in [0, 0.1) is 0 Å². The Kier molecular flexibility index (Phi) is 5.58. The van der Waals surface area contributed by atoms with Crippen LogP contribution in [0.3, 0.4) is 0 Å². The highest BCUT2D eigenvalue weighted by atomic mass is 16.5. The number of hydrogen-bond acceptors (Lipinski definition) is 7. The zero-order valence-corrected chi connectivity index (χ0v) is 13.1. The van der Waals surface area contributed by atoms with E-state index in [4.69, 9.17) is 15.2 Å². The summed E-state index contributed by atoms with van der Waals surface area (Å²) >= 11 is 0. The van der Waals surface area contributed by atoms with Crippen LogP contribution in [-0.4, -0.2) is 63.6 Å². The van der Waals surface area contributed by atoms with E-state index in [2.05, 4.69) is 9.97 Å². The van der Waals surface area contributed by atoms with Gasteiger partial charge in [0.25, 0.3) is 0 Å². The molecule has 0 radical (unpaired) electrons. The van der Waals surface area contributed by atoms with E-state index >= 15 is 0 Å². The van der Waals surface area contributed by atoms with Gasteiger partial charge in [0.15, 0.2) is 11.6 Å². The van der Waals surface area contributed by atoms with Crippen molar-refractivity contribution in [2.45, 2.75) is 18.9 Å². The van der Waals surface area contributed by atoms with Crippen molar-refractivity contribution in [2.24, 2.45) is 0 Å². The number of aromatic nitrogens is 2. The van der Waals surface area contributed by atoms with Gasteiger partial charge in [-0.25, -0.2) is 9.97 Å². The van der Waals surface area contributed by atoms with Gasteiger partial charge >= 0.3 is 0 Å². The van der Waals surface area contributed by atoms with Crippen molar-refractivity contribution < 1.29 is 9.47 Å². The van der Waals surface area contributed by atoms with Crippen LogP contribution in [0.25, 0.3) is 0 Å². The maximum absolute atomic E-state index is 6.24. The number of ether oxygens (including phenoxy) is 2. The minimum atomic E-state index is 0.263. The van der Waals surface area contributed by atoms with Crippen LogP contribution in [0.1, 0.15) is 12.8 Å². The molecule has 1 atom stereocenters. The van der Waals surface area contributed by atoms with Crippen LogP contribution in [0.5, 0.6) is 0 Å². The summed E-state index contributed by atoms with van der Waals surface area (Å²) in [7, 11) is 5.61. The largest absolute Gasteiger partial charge is 0.393 e. The number of methoxy groups -OCH3 is 1. The Bertz CT molecular complexity index is 451. The summed E-state index contributed by atoms with van der Waals surface area (Å²) in [6.45, 7) is 3.00. The molecule has 0 amide bonds. The molecule has 1 aromatic rings. The average molecular weight is 295 g/mol. The van der Waals surface area contributed by atoms with Crippen molar-refractivity contribution in [3.05, 3.63) is 6.33 Å². The maximum atomic E-state index is 6.24. The first-order valence-corrected chi connectivity index (χ1v) is 7.26.